The predicted octanol–water partition coefficient (Wildman–Crippen LogP) is 13.3. The summed E-state index contributed by atoms with van der Waals surface area (Å²) in [7, 11) is 1.89. The molecule has 0 aliphatic heterocycles. The second-order valence-electron chi connectivity index (χ2n) is 10.5. The van der Waals surface area contributed by atoms with Gasteiger partial charge in [0.2, 0.25) is 5.24 Å². The van der Waals surface area contributed by atoms with E-state index in [-0.39, 0.29) is 75.6 Å². The smallest absolute Gasteiger partial charge is 0.222 e. The number of aliphatic hydroxyl groups excluding tert-OH is 3. The summed E-state index contributed by atoms with van der Waals surface area (Å²) in [4.78, 5) is 25.0. The predicted molar refractivity (Wildman–Crippen MR) is 267 cm³/mol. The van der Waals surface area contributed by atoms with Gasteiger partial charge < -0.3 is 20.6 Å². The fraction of sp³-hybridized carbons (Fsp3) is 0.436. The summed E-state index contributed by atoms with van der Waals surface area (Å²) in [6.07, 6.45) is 4.70. The second kappa shape index (κ2) is 43.4. The topological polar surface area (TPSA) is 107 Å². The van der Waals surface area contributed by atoms with Crippen LogP contribution in [0.4, 0.5) is 0 Å². The number of halogens is 4. The minimum Gasteiger partial charge on any atom is -0.388 e. The number of hydrogen-bond acceptors (Lipinski definition) is 11. The number of carbonyl (C=O) groups excluding carboxylic acids is 2. The maximum atomic E-state index is 11.1. The largest absolute Gasteiger partial charge is 0.388 e. The van der Waals surface area contributed by atoms with Gasteiger partial charge in [0.05, 0.1) is 23.2 Å². The highest BCUT2D eigenvalue weighted by molar-refractivity contribution is 14.1. The average molecular weight is 1120 g/mol. The third-order valence-electron chi connectivity index (χ3n) is 6.22. The van der Waals surface area contributed by atoms with Crippen LogP contribution in [0, 0.1) is 0 Å². The van der Waals surface area contributed by atoms with Crippen LogP contribution >= 0.6 is 126 Å². The third kappa shape index (κ3) is 34.4. The van der Waals surface area contributed by atoms with Crippen molar-refractivity contribution >= 4 is 146 Å². The molecule has 0 spiro atoms. The molecule has 0 fully saturated rings. The van der Waals surface area contributed by atoms with Gasteiger partial charge in [-0.15, -0.1) is 80.9 Å². The van der Waals surface area contributed by atoms with Gasteiger partial charge >= 0.3 is 0 Å². The average Bonchev–Trinajstić information content (AvgIpc) is 3.98. The zero-order valence-electron chi connectivity index (χ0n) is 30.9. The Labute approximate surface area is 392 Å². The number of rotatable bonds is 15. The first-order chi connectivity index (χ1) is 25.1. The van der Waals surface area contributed by atoms with Gasteiger partial charge in [0.25, 0.3) is 0 Å². The summed E-state index contributed by atoms with van der Waals surface area (Å²) in [5.74, 6) is 0.597. The fourth-order valence-corrected chi connectivity index (χ4v) is 7.96. The van der Waals surface area contributed by atoms with Crippen LogP contribution in [0.1, 0.15) is 109 Å². The van der Waals surface area contributed by atoms with Gasteiger partial charge in [0.1, 0.15) is 0 Å². The zero-order chi connectivity index (χ0) is 38.8. The van der Waals surface area contributed by atoms with Crippen molar-refractivity contribution in [1.29, 1.82) is 0 Å². The number of thiophene rings is 5. The van der Waals surface area contributed by atoms with E-state index in [2.05, 4.69) is 34.8 Å². The van der Waals surface area contributed by atoms with Crippen LogP contribution < -0.4 is 5.32 Å². The molecule has 3 atom stereocenters. The van der Waals surface area contributed by atoms with E-state index in [1.54, 1.807) is 45.3 Å². The number of carbonyl (C=O) groups is 2. The molecule has 0 saturated carbocycles. The van der Waals surface area contributed by atoms with Crippen molar-refractivity contribution in [1.82, 2.24) is 5.32 Å². The molecule has 309 valence electrons. The van der Waals surface area contributed by atoms with Gasteiger partial charge in [-0.2, -0.15) is 11.3 Å². The van der Waals surface area contributed by atoms with E-state index in [1.807, 2.05) is 107 Å². The molecule has 55 heavy (non-hydrogen) atoms. The maximum absolute atomic E-state index is 11.1. The summed E-state index contributed by atoms with van der Waals surface area (Å²) in [5.41, 5.74) is 0. The Hall–Kier alpha value is -0.215. The number of alkyl halides is 2. The Morgan fingerprint density at radius 1 is 0.709 bits per heavy atom. The van der Waals surface area contributed by atoms with E-state index in [1.165, 1.54) is 11.3 Å². The van der Waals surface area contributed by atoms with E-state index in [0.29, 0.717) is 12.3 Å². The van der Waals surface area contributed by atoms with Crippen molar-refractivity contribution in [2.45, 2.75) is 84.5 Å². The lowest BCUT2D eigenvalue weighted by molar-refractivity contribution is -0.111. The van der Waals surface area contributed by atoms with Crippen LogP contribution in [0.25, 0.3) is 0 Å². The number of ketones is 1. The highest BCUT2D eigenvalue weighted by atomic mass is 127. The third-order valence-corrected chi connectivity index (χ3v) is 11.7. The van der Waals surface area contributed by atoms with E-state index in [9.17, 15) is 24.9 Å². The summed E-state index contributed by atoms with van der Waals surface area (Å²) in [5, 5.41) is 43.0. The minimum absolute atomic E-state index is 0. The molecule has 0 saturated heterocycles. The molecule has 6 nitrogen and oxygen atoms in total. The van der Waals surface area contributed by atoms with Gasteiger partial charge in [0, 0.05) is 46.2 Å². The van der Waals surface area contributed by atoms with Crippen LogP contribution in [-0.4, -0.2) is 58.7 Å². The van der Waals surface area contributed by atoms with Gasteiger partial charge in [-0.1, -0.05) is 86.7 Å². The molecule has 5 rings (SSSR count). The molecule has 5 aromatic rings. The van der Waals surface area contributed by atoms with Crippen molar-refractivity contribution < 1.29 is 24.9 Å². The van der Waals surface area contributed by atoms with Crippen molar-refractivity contribution in [3.63, 3.8) is 0 Å². The molecule has 0 amide bonds. The van der Waals surface area contributed by atoms with Crippen molar-refractivity contribution in [3.05, 3.63) is 112 Å². The van der Waals surface area contributed by atoms with E-state index in [4.69, 9.17) is 23.2 Å². The van der Waals surface area contributed by atoms with Crippen LogP contribution in [0.2, 0.25) is 0 Å². The van der Waals surface area contributed by atoms with E-state index < -0.39 is 0 Å². The first-order valence-electron chi connectivity index (χ1n) is 16.8. The molecule has 4 N–H and O–H groups in total. The minimum atomic E-state index is -0.370. The van der Waals surface area contributed by atoms with Crippen molar-refractivity contribution in [2.24, 2.45) is 0 Å². The number of hydrogen-bond donors (Lipinski definition) is 4. The summed E-state index contributed by atoms with van der Waals surface area (Å²) >= 11 is 20.3. The first kappa shape index (κ1) is 61.4. The lowest BCUT2D eigenvalue weighted by Gasteiger charge is -2.06. The highest BCUT2D eigenvalue weighted by Crippen LogP contribution is 2.23. The SMILES string of the molecule is C.CCCC(=O)c1cccs1.CCC[C@H](O)c1cccs1.CNCC[C@H](O)c1cccs1.I.O=C(Cl)CCCl.O[C@@H](CCI)c1cccs1.[B].c1ccsc1. The van der Waals surface area contributed by atoms with Crippen LogP contribution in [-0.2, 0) is 4.79 Å². The Kier molecular flexibility index (Phi) is 48.5. The van der Waals surface area contributed by atoms with E-state index in [0.717, 1.165) is 62.6 Å². The number of aliphatic hydroxyl groups is 3. The maximum Gasteiger partial charge on any atom is 0.222 e. The molecule has 0 bridgehead atoms. The molecule has 5 aromatic heterocycles. The molecular formula is C39H57BCl2I2NO5S5. The lowest BCUT2D eigenvalue weighted by atomic mass is 10.2. The van der Waals surface area contributed by atoms with E-state index >= 15 is 0 Å². The lowest BCUT2D eigenvalue weighted by Crippen LogP contribution is -2.11. The van der Waals surface area contributed by atoms with Crippen molar-refractivity contribution in [2.75, 3.05) is 23.9 Å². The molecular weight excluding hydrogens is 1060 g/mol. The molecule has 5 heterocycles. The summed E-state index contributed by atoms with van der Waals surface area (Å²) < 4.78 is 1.01. The first-order valence-corrected chi connectivity index (χ1v) is 23.7. The molecule has 3 radical (unpaired) electrons. The number of Topliss-reactive ketones (excluding diaryl/α,β-unsaturated/α-hetero) is 1. The number of nitrogens with one attached hydrogen (secondary N) is 1. The molecule has 0 aliphatic carbocycles. The summed E-state index contributed by atoms with van der Waals surface area (Å²) in [6, 6.07) is 19.6. The van der Waals surface area contributed by atoms with Gasteiger partial charge in [-0.05, 0) is 107 Å². The molecule has 0 aromatic carbocycles. The van der Waals surface area contributed by atoms with Gasteiger partial charge in [0.15, 0.2) is 5.78 Å². The van der Waals surface area contributed by atoms with Crippen LogP contribution in [0.15, 0.2) is 92.9 Å². The van der Waals surface area contributed by atoms with Gasteiger partial charge in [-0.25, -0.2) is 0 Å². The van der Waals surface area contributed by atoms with Gasteiger partial charge in [-0.3, -0.25) is 9.59 Å². The van der Waals surface area contributed by atoms with Crippen LogP contribution in [0.3, 0.4) is 0 Å². The fourth-order valence-electron chi connectivity index (χ4n) is 3.62. The molecule has 0 aliphatic rings. The molecule has 0 unspecified atom stereocenters. The summed E-state index contributed by atoms with van der Waals surface area (Å²) in [6.45, 7) is 4.96. The van der Waals surface area contributed by atoms with Crippen LogP contribution in [0.5, 0.6) is 0 Å². The standard InChI is InChI=1S/C8H13NOS.C8H12OS.C8H10OS.C7H9IOS.C4H4S.C3H4Cl2O.CH4.B.HI/c1-9-5-4-7(10)8-3-2-6-11-8;2*1-2-4-7(9)8-5-3-6-10-8;8-4-3-6(9)7-2-1-5-10-7;1-2-4-5-3-1;4-2-1-3(5)6;;;/h2-3,6-7,9-10H,4-5H2,1H3;3,5-7,9H,2,4H2,1H3;3,5-6H,2,4H2,1H3;1-2,5-6,9H,3-4H2;1-4H;1-2H2;1H4;;1H/t2*7-;;6-;;;;;/m00.0...../s1. The quantitative estimate of drug-likeness (QED) is 0.0274. The second-order valence-corrected chi connectivity index (χ2v) is 17.1. The van der Waals surface area contributed by atoms with Crippen molar-refractivity contribution in [3.8, 4) is 0 Å². The molecule has 16 heteroatoms. The zero-order valence-corrected chi connectivity index (χ0v) is 40.9. The Bertz CT molecular complexity index is 1380. The Balaban J connectivity index is -0.000000285. The monoisotopic (exact) mass is 1110 g/mol. The Morgan fingerprint density at radius 2 is 1.16 bits per heavy atom. The Morgan fingerprint density at radius 3 is 1.45 bits per heavy atom. The highest BCUT2D eigenvalue weighted by Gasteiger charge is 2.07. The normalized spacial score (nSPS) is 10.9.